The summed E-state index contributed by atoms with van der Waals surface area (Å²) < 4.78 is 2.26. The van der Waals surface area contributed by atoms with Gasteiger partial charge in [0.15, 0.2) is 0 Å². The molecule has 0 aliphatic rings. The first-order valence-electron chi connectivity index (χ1n) is 14.0. The van der Waals surface area contributed by atoms with Crippen molar-refractivity contribution in [2.45, 2.75) is 88.1 Å². The van der Waals surface area contributed by atoms with Gasteiger partial charge in [-0.05, 0) is 94.7 Å². The van der Waals surface area contributed by atoms with Crippen molar-refractivity contribution in [1.82, 2.24) is 15.2 Å². The fourth-order valence-corrected chi connectivity index (χ4v) is 5.13. The third-order valence-corrected chi connectivity index (χ3v) is 7.19. The number of hydrogen-bond acceptors (Lipinski definition) is 4. The topological polar surface area (TPSA) is 84.1 Å². The van der Waals surface area contributed by atoms with Crippen LogP contribution in [0.1, 0.15) is 78.6 Å². The van der Waals surface area contributed by atoms with Crippen LogP contribution in [-0.2, 0) is 18.3 Å². The third-order valence-electron chi connectivity index (χ3n) is 7.19. The lowest BCUT2D eigenvalue weighted by Gasteiger charge is -2.23. The first kappa shape index (κ1) is 31.8. The molecule has 6 nitrogen and oxygen atoms in total. The lowest BCUT2D eigenvalue weighted by atomic mass is 9.91. The number of fused-ring (bicyclic) bond motifs is 1. The number of nitrogens with zero attached hydrogens (tertiary/aromatic N) is 1. The Morgan fingerprint density at radius 1 is 1.21 bits per heavy atom. The van der Waals surface area contributed by atoms with Crippen molar-refractivity contribution in [1.29, 1.82) is 0 Å². The van der Waals surface area contributed by atoms with Gasteiger partial charge in [-0.15, -0.1) is 0 Å². The lowest BCUT2D eigenvalue weighted by molar-refractivity contribution is -0.114. The van der Waals surface area contributed by atoms with Crippen LogP contribution in [0.4, 0.5) is 5.69 Å². The van der Waals surface area contributed by atoms with Crippen molar-refractivity contribution in [2.75, 3.05) is 11.9 Å². The molecule has 1 amide bonds. The Morgan fingerprint density at radius 3 is 2.38 bits per heavy atom. The van der Waals surface area contributed by atoms with E-state index in [1.54, 1.807) is 0 Å². The molecule has 0 aliphatic heterocycles. The van der Waals surface area contributed by atoms with Gasteiger partial charge in [0.05, 0.1) is 11.1 Å². The molecule has 2 rings (SSSR count). The predicted molar refractivity (Wildman–Crippen MR) is 169 cm³/mol. The number of aromatic nitrogens is 1. The van der Waals surface area contributed by atoms with E-state index in [0.29, 0.717) is 11.3 Å². The molecule has 39 heavy (non-hydrogen) atoms. The molecule has 0 spiro atoms. The summed E-state index contributed by atoms with van der Waals surface area (Å²) in [4.78, 5) is 12.6. The molecule has 1 unspecified atom stereocenters. The SMILES string of the molecule is C=C(CC(C)(C)C)NCC(C)N/C(C)=C(C)/C=C(C(N)=O)\C(=C\C)Nc1cc(C)c2c(c1)c(CC)c(C)n2C. The summed E-state index contributed by atoms with van der Waals surface area (Å²) in [5.41, 5.74) is 16.2. The number of nitrogens with two attached hydrogens (primary N) is 1. The maximum Gasteiger partial charge on any atom is 0.250 e. The first-order chi connectivity index (χ1) is 18.1. The molecule has 0 radical (unpaired) electrons. The number of rotatable bonds is 12. The molecule has 1 aromatic heterocycles. The molecular formula is C33H51N5O. The second-order valence-electron chi connectivity index (χ2n) is 12.0. The number of benzene rings is 1. The zero-order valence-corrected chi connectivity index (χ0v) is 26.1. The Labute approximate surface area is 236 Å². The number of carbonyl (C=O) groups is 1. The van der Waals surface area contributed by atoms with Gasteiger partial charge in [0.1, 0.15) is 0 Å². The predicted octanol–water partition coefficient (Wildman–Crippen LogP) is 6.90. The van der Waals surface area contributed by atoms with Crippen molar-refractivity contribution >= 4 is 22.5 Å². The monoisotopic (exact) mass is 533 g/mol. The van der Waals surface area contributed by atoms with Gasteiger partial charge >= 0.3 is 0 Å². The van der Waals surface area contributed by atoms with E-state index in [0.717, 1.165) is 42.0 Å². The van der Waals surface area contributed by atoms with Crippen LogP contribution in [0.2, 0.25) is 0 Å². The molecule has 0 aliphatic carbocycles. The number of anilines is 1. The van der Waals surface area contributed by atoms with Gasteiger partial charge in [0.25, 0.3) is 5.91 Å². The van der Waals surface area contributed by atoms with E-state index >= 15 is 0 Å². The number of aryl methyl sites for hydroxylation is 3. The summed E-state index contributed by atoms with van der Waals surface area (Å²) in [7, 11) is 2.12. The molecular weight excluding hydrogens is 482 g/mol. The van der Waals surface area contributed by atoms with Crippen LogP contribution in [0, 0.1) is 19.3 Å². The summed E-state index contributed by atoms with van der Waals surface area (Å²) in [5, 5.41) is 11.7. The molecule has 0 saturated carbocycles. The van der Waals surface area contributed by atoms with Crippen LogP contribution in [0.5, 0.6) is 0 Å². The standard InChI is InChI=1S/C33H51N5O/c1-13-27-25(8)38(12)31-21(4)15-26(17-28(27)31)37-30(14-2)29(32(34)39)16-20(3)24(7)36-23(6)19-35-22(5)18-33(9,10)11/h14-17,23,35-37H,5,13,18-19H2,1-4,6-12H3,(H2,34,39)/b24-20+,29-16+,30-14-. The lowest BCUT2D eigenvalue weighted by Crippen LogP contribution is -2.35. The molecule has 0 saturated heterocycles. The van der Waals surface area contributed by atoms with Crippen LogP contribution >= 0.6 is 0 Å². The van der Waals surface area contributed by atoms with Gasteiger partial charge in [-0.1, -0.05) is 40.3 Å². The summed E-state index contributed by atoms with van der Waals surface area (Å²) in [6, 6.07) is 4.48. The van der Waals surface area contributed by atoms with Crippen LogP contribution < -0.4 is 21.7 Å². The van der Waals surface area contributed by atoms with E-state index in [-0.39, 0.29) is 11.5 Å². The maximum atomic E-state index is 12.6. The van der Waals surface area contributed by atoms with Crippen molar-refractivity contribution in [3.63, 3.8) is 0 Å². The highest BCUT2D eigenvalue weighted by atomic mass is 16.1. The Kier molecular flexibility index (Phi) is 10.7. The molecule has 0 bridgehead atoms. The number of carbonyl (C=O) groups excluding carboxylic acids is 1. The fourth-order valence-electron chi connectivity index (χ4n) is 5.13. The summed E-state index contributed by atoms with van der Waals surface area (Å²) in [6.45, 7) is 26.1. The number of hydrogen-bond donors (Lipinski definition) is 4. The zero-order valence-electron chi connectivity index (χ0n) is 26.1. The van der Waals surface area contributed by atoms with Gasteiger partial charge in [-0.25, -0.2) is 0 Å². The normalized spacial score (nSPS) is 14.2. The zero-order chi connectivity index (χ0) is 29.7. The number of primary amides is 1. The van der Waals surface area contributed by atoms with Crippen LogP contribution in [0.3, 0.4) is 0 Å². The Bertz CT molecular complexity index is 1310. The molecule has 0 fully saturated rings. The Morgan fingerprint density at radius 2 is 1.85 bits per heavy atom. The molecule has 1 atom stereocenters. The van der Waals surface area contributed by atoms with E-state index in [9.17, 15) is 4.79 Å². The highest BCUT2D eigenvalue weighted by Crippen LogP contribution is 2.32. The number of amides is 1. The average Bonchev–Trinajstić information content (AvgIpc) is 3.07. The fraction of sp³-hybridized carbons (Fsp3) is 0.485. The molecule has 2 aromatic rings. The maximum absolute atomic E-state index is 12.6. The van der Waals surface area contributed by atoms with Crippen molar-refractivity contribution in [3.8, 4) is 0 Å². The van der Waals surface area contributed by atoms with Gasteiger partial charge < -0.3 is 26.3 Å². The van der Waals surface area contributed by atoms with Gasteiger partial charge in [-0.3, -0.25) is 4.79 Å². The van der Waals surface area contributed by atoms with Gasteiger partial charge in [0, 0.05) is 53.5 Å². The molecule has 6 heteroatoms. The van der Waals surface area contributed by atoms with Crippen molar-refractivity contribution < 1.29 is 4.79 Å². The Balaban J connectivity index is 2.28. The van der Waals surface area contributed by atoms with Crippen LogP contribution in [-0.4, -0.2) is 23.1 Å². The molecule has 1 heterocycles. The number of allylic oxidation sites excluding steroid dienone is 5. The smallest absolute Gasteiger partial charge is 0.250 e. The Hall–Kier alpha value is -3.41. The third kappa shape index (κ3) is 8.29. The minimum Gasteiger partial charge on any atom is -0.387 e. The highest BCUT2D eigenvalue weighted by molar-refractivity contribution is 5.98. The molecule has 214 valence electrons. The van der Waals surface area contributed by atoms with Crippen molar-refractivity contribution in [2.24, 2.45) is 18.2 Å². The number of nitrogens with one attached hydrogen (secondary N) is 3. The van der Waals surface area contributed by atoms with Gasteiger partial charge in [-0.2, -0.15) is 0 Å². The summed E-state index contributed by atoms with van der Waals surface area (Å²) >= 11 is 0. The second kappa shape index (κ2) is 13.1. The quantitative estimate of drug-likeness (QED) is 0.177. The van der Waals surface area contributed by atoms with E-state index < -0.39 is 5.91 Å². The van der Waals surface area contributed by atoms with Crippen molar-refractivity contribution in [3.05, 3.63) is 75.9 Å². The van der Waals surface area contributed by atoms with Crippen LogP contribution in [0.15, 0.2) is 59.1 Å². The first-order valence-corrected chi connectivity index (χ1v) is 14.0. The van der Waals surface area contributed by atoms with Crippen LogP contribution in [0.25, 0.3) is 10.9 Å². The largest absolute Gasteiger partial charge is 0.387 e. The molecule has 1 aromatic carbocycles. The molecule has 5 N–H and O–H groups in total. The summed E-state index contributed by atoms with van der Waals surface area (Å²) in [6.07, 6.45) is 5.65. The van der Waals surface area contributed by atoms with E-state index in [1.165, 1.54) is 27.7 Å². The van der Waals surface area contributed by atoms with E-state index in [2.05, 4.69) is 94.7 Å². The minimum absolute atomic E-state index is 0.179. The van der Waals surface area contributed by atoms with Gasteiger partial charge in [0.2, 0.25) is 0 Å². The minimum atomic E-state index is -0.474. The average molecular weight is 534 g/mol. The van der Waals surface area contributed by atoms with E-state index in [1.807, 2.05) is 32.9 Å². The highest BCUT2D eigenvalue weighted by Gasteiger charge is 2.17. The van der Waals surface area contributed by atoms with E-state index in [4.69, 9.17) is 5.73 Å². The summed E-state index contributed by atoms with van der Waals surface area (Å²) in [5.74, 6) is -0.474. The second-order valence-corrected chi connectivity index (χ2v) is 12.0.